The van der Waals surface area contributed by atoms with Gasteiger partial charge in [0.05, 0.1) is 63.4 Å². The maximum Gasteiger partial charge on any atom is 0.364 e. The zero-order chi connectivity index (χ0) is 76.4. The highest BCUT2D eigenvalue weighted by Gasteiger charge is 2.62. The van der Waals surface area contributed by atoms with Gasteiger partial charge in [0.15, 0.2) is 18.9 Å². The van der Waals surface area contributed by atoms with Crippen LogP contribution in [0.25, 0.3) is 0 Å². The van der Waals surface area contributed by atoms with Crippen molar-refractivity contribution in [2.45, 2.75) is 406 Å². The van der Waals surface area contributed by atoms with Crippen molar-refractivity contribution in [2.75, 3.05) is 33.0 Å². The number of carbonyl (C=O) groups is 4. The summed E-state index contributed by atoms with van der Waals surface area (Å²) in [6.45, 7) is 2.02. The van der Waals surface area contributed by atoms with Gasteiger partial charge in [0, 0.05) is 32.1 Å². The Labute approximate surface area is 617 Å². The molecule has 608 valence electrons. The minimum absolute atomic E-state index is 0.186. The third-order valence-corrected chi connectivity index (χ3v) is 20.8. The number of ketones is 1. The van der Waals surface area contributed by atoms with Crippen LogP contribution in [0.4, 0.5) is 0 Å². The van der Waals surface area contributed by atoms with Crippen LogP contribution in [0.2, 0.25) is 0 Å². The van der Waals surface area contributed by atoms with E-state index in [1.165, 1.54) is 154 Å². The average molecular weight is 1500 g/mol. The Morgan fingerprint density at radius 1 is 0.519 bits per heavy atom. The molecule has 0 spiro atoms. The van der Waals surface area contributed by atoms with E-state index in [-0.39, 0.29) is 12.3 Å². The van der Waals surface area contributed by atoms with Gasteiger partial charge in [0.1, 0.15) is 85.1 Å². The smallest absolute Gasteiger partial charge is 0.364 e. The number of carbonyl (C=O) groups excluding carboxylic acids is 3. The van der Waals surface area contributed by atoms with Gasteiger partial charge in [-0.3, -0.25) is 9.59 Å². The van der Waals surface area contributed by atoms with Gasteiger partial charge in [-0.2, -0.15) is 0 Å². The number of nitrogens with one attached hydrogen (secondary N) is 2. The SMILES string of the molecule is CCCCCCCC/C=C\CCCCCCCCCCCCCCCC(=O)N[C@@H](CO[C@@H]1O[C@H](CO)[C@@H](O[C@@H]2O[C@H](CO)[C@H](O[C@@H]3O[C@H](CO)[C@H](O)[C@H](O)[C@H]3CC(C)=O)[C@H](O[C@]3(C(=O)O)C[C@H](O)[C@@H](NC(C)=O)C([C@H](O)[C@H](O)CO)O3)[C@H]2O)[C@H](O)[C@H]1O)[C@H](O)CCCCCCCCCCCCCCC. The topological polar surface area (TPSA) is 449 Å². The quantitative estimate of drug-likeness (QED) is 0.0270. The summed E-state index contributed by atoms with van der Waals surface area (Å²) in [6, 6.07) is -2.70. The molecule has 0 bridgehead atoms. The Hall–Kier alpha value is -3.02. The molecule has 0 radical (unpaired) electrons. The molecule has 4 aliphatic heterocycles. The number of unbranched alkanes of at least 4 members (excludes halogenated alkanes) is 31. The lowest BCUT2D eigenvalue weighted by atomic mass is 9.87. The molecule has 0 aromatic carbocycles. The number of aliphatic carboxylic acids is 1. The van der Waals surface area contributed by atoms with Crippen molar-refractivity contribution in [1.82, 2.24) is 10.6 Å². The van der Waals surface area contributed by atoms with E-state index in [1.807, 2.05) is 0 Å². The molecular formula is C76H138N2O26. The van der Waals surface area contributed by atoms with E-state index >= 15 is 0 Å². The van der Waals surface area contributed by atoms with E-state index in [2.05, 4.69) is 36.6 Å². The van der Waals surface area contributed by atoms with Crippen LogP contribution >= 0.6 is 0 Å². The van der Waals surface area contributed by atoms with Gasteiger partial charge in [-0.05, 0) is 45.4 Å². The maximum absolute atomic E-state index is 13.6. The Morgan fingerprint density at radius 2 is 0.981 bits per heavy atom. The van der Waals surface area contributed by atoms with Crippen LogP contribution in [0.15, 0.2) is 12.2 Å². The molecule has 23 atom stereocenters. The average Bonchev–Trinajstić information content (AvgIpc) is 0.749. The molecule has 4 heterocycles. The predicted octanol–water partition coefficient (Wildman–Crippen LogP) is 5.34. The number of amides is 2. The molecule has 104 heavy (non-hydrogen) atoms. The molecule has 28 heteroatoms. The number of ether oxygens (including phenoxy) is 8. The Bertz CT molecular complexity index is 2310. The summed E-state index contributed by atoms with van der Waals surface area (Å²) in [5.41, 5.74) is 0. The molecule has 28 nitrogen and oxygen atoms in total. The molecule has 16 N–H and O–H groups in total. The van der Waals surface area contributed by atoms with E-state index in [4.69, 9.17) is 37.9 Å². The normalized spacial score (nSPS) is 30.8. The fraction of sp³-hybridized carbons (Fsp3) is 0.921. The van der Waals surface area contributed by atoms with Crippen LogP contribution < -0.4 is 10.6 Å². The summed E-state index contributed by atoms with van der Waals surface area (Å²) in [5.74, 6) is -8.50. The van der Waals surface area contributed by atoms with Crippen molar-refractivity contribution in [1.29, 1.82) is 0 Å². The second-order valence-corrected chi connectivity index (χ2v) is 29.6. The van der Waals surface area contributed by atoms with Crippen molar-refractivity contribution in [3.8, 4) is 0 Å². The van der Waals surface area contributed by atoms with Crippen LogP contribution in [0.1, 0.15) is 272 Å². The van der Waals surface area contributed by atoms with Crippen molar-refractivity contribution < 1.29 is 129 Å². The fourth-order valence-corrected chi connectivity index (χ4v) is 14.5. The summed E-state index contributed by atoms with van der Waals surface area (Å²) in [5, 5.41) is 161. The monoisotopic (exact) mass is 1490 g/mol. The number of carboxylic acid groups (broad SMARTS) is 1. The first kappa shape index (κ1) is 93.4. The third-order valence-electron chi connectivity index (χ3n) is 20.8. The molecule has 1 unspecified atom stereocenters. The van der Waals surface area contributed by atoms with Crippen molar-refractivity contribution in [3.05, 3.63) is 12.2 Å². The van der Waals surface area contributed by atoms with E-state index in [0.717, 1.165) is 65.2 Å². The number of hydrogen-bond acceptors (Lipinski definition) is 25. The summed E-state index contributed by atoms with van der Waals surface area (Å²) in [4.78, 5) is 52.2. The molecule has 2 amide bonds. The number of aliphatic hydroxyl groups is 13. The third kappa shape index (κ3) is 32.5. The number of Topliss-reactive ketones (excluding diaryl/α,β-unsaturated/α-hetero) is 1. The van der Waals surface area contributed by atoms with Crippen LogP contribution in [0, 0.1) is 5.92 Å². The van der Waals surface area contributed by atoms with E-state index < -0.39 is 204 Å². The first-order chi connectivity index (χ1) is 50.0. The second-order valence-electron chi connectivity index (χ2n) is 29.6. The number of carboxylic acids is 1. The Morgan fingerprint density at radius 3 is 1.46 bits per heavy atom. The van der Waals surface area contributed by atoms with Crippen LogP contribution in [0.5, 0.6) is 0 Å². The van der Waals surface area contributed by atoms with Crippen LogP contribution in [0.3, 0.4) is 0 Å². The van der Waals surface area contributed by atoms with Gasteiger partial charge in [0.25, 0.3) is 5.79 Å². The minimum atomic E-state index is -3.26. The number of rotatable bonds is 58. The molecule has 0 saturated carbocycles. The molecule has 4 fully saturated rings. The molecule has 0 aromatic rings. The molecular weight excluding hydrogens is 1360 g/mol. The zero-order valence-corrected chi connectivity index (χ0v) is 62.9. The first-order valence-electron chi connectivity index (χ1n) is 39.8. The van der Waals surface area contributed by atoms with Gasteiger partial charge < -0.3 is 125 Å². The standard InChI is InChI=1S/C76H138N2O26/c1-5-7-9-11-13-15-17-19-20-21-22-23-24-25-26-27-28-30-32-34-36-38-40-42-60(88)78-53(54(85)41-39-37-35-33-31-29-18-16-14-12-10-8-6-2)49-97-73-66(93)65(92)68(58(47-81)99-73)101-74-67(94)71(69(59(48-82)100-74)102-72-52(43-50(3)83)62(89)64(91)57(46-80)98-72)104-76(75(95)96)44-55(86)61(77-51(4)84)70(103-76)63(90)56(87)45-79/h19-20,52-59,61-74,79-82,85-87,89-94H,5-18,21-49H2,1-4H3,(H,77,84)(H,78,88)(H,95,96)/b20-19-/t52-,53+,54-,55+,56-,57-,58-,59-,61-,62-,63-,64+,65-,66-,67-,68-,69+,70?,71-,72+,73-,74+,76+/m1/s1. The lowest BCUT2D eigenvalue weighted by molar-refractivity contribution is -0.403. The number of aliphatic hydroxyl groups excluding tert-OH is 13. The summed E-state index contributed by atoms with van der Waals surface area (Å²) in [7, 11) is 0. The summed E-state index contributed by atoms with van der Waals surface area (Å²) in [6.07, 6.45) is 6.16. The highest BCUT2D eigenvalue weighted by atomic mass is 16.8. The maximum atomic E-state index is 13.6. The zero-order valence-electron chi connectivity index (χ0n) is 62.9. The van der Waals surface area contributed by atoms with Gasteiger partial charge in [-0.15, -0.1) is 0 Å². The molecule has 0 aliphatic carbocycles. The summed E-state index contributed by atoms with van der Waals surface area (Å²) >= 11 is 0. The van der Waals surface area contributed by atoms with E-state index in [0.29, 0.717) is 19.3 Å². The Kier molecular flexibility index (Phi) is 47.6. The van der Waals surface area contributed by atoms with Gasteiger partial charge in [0.2, 0.25) is 11.8 Å². The lowest BCUT2D eigenvalue weighted by Gasteiger charge is -2.52. The Balaban J connectivity index is 1.45. The molecule has 4 saturated heterocycles. The highest BCUT2D eigenvalue weighted by Crippen LogP contribution is 2.41. The van der Waals surface area contributed by atoms with Crippen molar-refractivity contribution in [2.24, 2.45) is 5.92 Å². The van der Waals surface area contributed by atoms with Crippen LogP contribution in [-0.2, 0) is 57.1 Å². The van der Waals surface area contributed by atoms with Crippen molar-refractivity contribution >= 4 is 23.6 Å². The molecule has 4 rings (SSSR count). The minimum Gasteiger partial charge on any atom is -0.477 e. The number of hydrogen-bond donors (Lipinski definition) is 16. The fourth-order valence-electron chi connectivity index (χ4n) is 14.5. The first-order valence-corrected chi connectivity index (χ1v) is 39.8. The van der Waals surface area contributed by atoms with E-state index in [1.54, 1.807) is 0 Å². The van der Waals surface area contributed by atoms with Gasteiger partial charge >= 0.3 is 5.97 Å². The van der Waals surface area contributed by atoms with Gasteiger partial charge in [-0.1, -0.05) is 212 Å². The lowest BCUT2D eigenvalue weighted by Crippen LogP contribution is -2.71. The molecule has 4 aliphatic rings. The van der Waals surface area contributed by atoms with Crippen molar-refractivity contribution in [3.63, 3.8) is 0 Å². The van der Waals surface area contributed by atoms with Crippen LogP contribution in [-0.4, -0.2) is 262 Å². The number of allylic oxidation sites excluding steroid dienone is 2. The molecule has 0 aromatic heterocycles. The summed E-state index contributed by atoms with van der Waals surface area (Å²) < 4.78 is 48.3. The second kappa shape index (κ2) is 53.0. The van der Waals surface area contributed by atoms with Gasteiger partial charge in [-0.25, -0.2) is 4.79 Å². The predicted molar refractivity (Wildman–Crippen MR) is 384 cm³/mol. The van der Waals surface area contributed by atoms with E-state index in [9.17, 15) is 90.7 Å². The highest BCUT2D eigenvalue weighted by molar-refractivity contribution is 5.77. The largest absolute Gasteiger partial charge is 0.477 e.